The van der Waals surface area contributed by atoms with Gasteiger partial charge in [-0.15, -0.1) is 5.10 Å². The molecule has 1 saturated heterocycles. The van der Waals surface area contributed by atoms with Crippen molar-refractivity contribution in [3.63, 3.8) is 0 Å². The molecule has 1 fully saturated rings. The molecule has 1 atom stereocenters. The Morgan fingerprint density at radius 2 is 2.16 bits per heavy atom. The van der Waals surface area contributed by atoms with E-state index >= 15 is 0 Å². The molecule has 10 heteroatoms. The molecule has 25 heavy (non-hydrogen) atoms. The average Bonchev–Trinajstić information content (AvgIpc) is 3.02. The monoisotopic (exact) mass is 384 g/mol. The van der Waals surface area contributed by atoms with Crippen molar-refractivity contribution in [3.05, 3.63) is 29.3 Å². The first kappa shape index (κ1) is 17.8. The van der Waals surface area contributed by atoms with E-state index in [1.54, 1.807) is 24.3 Å². The van der Waals surface area contributed by atoms with Crippen LogP contribution in [0, 0.1) is 0 Å². The molecule has 134 valence electrons. The summed E-state index contributed by atoms with van der Waals surface area (Å²) in [4.78, 5) is 12.5. The maximum absolute atomic E-state index is 12.5. The Morgan fingerprint density at radius 1 is 1.36 bits per heavy atom. The van der Waals surface area contributed by atoms with Crippen LogP contribution in [0.15, 0.2) is 28.7 Å². The van der Waals surface area contributed by atoms with Crippen molar-refractivity contribution < 1.29 is 17.6 Å². The Balaban J connectivity index is 1.75. The number of carbonyl (C=O) groups excluding carboxylic acids is 1. The fourth-order valence-electron chi connectivity index (χ4n) is 2.76. The van der Waals surface area contributed by atoms with Crippen LogP contribution in [0.2, 0.25) is 5.02 Å². The Kier molecular flexibility index (Phi) is 5.07. The number of rotatable bonds is 4. The Labute approximate surface area is 150 Å². The van der Waals surface area contributed by atoms with Gasteiger partial charge in [-0.05, 0) is 31.0 Å². The first-order chi connectivity index (χ1) is 11.8. The number of carbonyl (C=O) groups is 1. The van der Waals surface area contributed by atoms with E-state index in [1.807, 2.05) is 0 Å². The van der Waals surface area contributed by atoms with Crippen molar-refractivity contribution in [2.75, 3.05) is 18.1 Å². The molecule has 1 aromatic heterocycles. The van der Waals surface area contributed by atoms with Crippen LogP contribution >= 0.6 is 11.6 Å². The number of aromatic nitrogens is 2. The average molecular weight is 385 g/mol. The zero-order valence-electron chi connectivity index (χ0n) is 13.5. The number of sulfonamides is 1. The van der Waals surface area contributed by atoms with Crippen LogP contribution in [0.25, 0.3) is 11.5 Å². The summed E-state index contributed by atoms with van der Waals surface area (Å²) >= 11 is 5.92. The second-order valence-corrected chi connectivity index (χ2v) is 8.17. The first-order valence-electron chi connectivity index (χ1n) is 7.72. The van der Waals surface area contributed by atoms with Crippen molar-refractivity contribution in [2.24, 2.45) is 0 Å². The van der Waals surface area contributed by atoms with E-state index in [4.69, 9.17) is 16.0 Å². The Hall–Kier alpha value is -1.97. The van der Waals surface area contributed by atoms with Gasteiger partial charge in [0.1, 0.15) is 6.04 Å². The fraction of sp³-hybridized carbons (Fsp3) is 0.400. The molecule has 0 bridgehead atoms. The van der Waals surface area contributed by atoms with Crippen molar-refractivity contribution in [3.8, 4) is 11.5 Å². The fourth-order valence-corrected chi connectivity index (χ4v) is 4.08. The van der Waals surface area contributed by atoms with E-state index in [2.05, 4.69) is 15.5 Å². The van der Waals surface area contributed by atoms with E-state index in [1.165, 1.54) is 4.31 Å². The molecule has 0 aliphatic carbocycles. The molecule has 3 rings (SSSR count). The molecule has 8 nitrogen and oxygen atoms in total. The second-order valence-electron chi connectivity index (χ2n) is 5.80. The van der Waals surface area contributed by atoms with Gasteiger partial charge in [0, 0.05) is 17.1 Å². The first-order valence-corrected chi connectivity index (χ1v) is 9.94. The zero-order valence-corrected chi connectivity index (χ0v) is 15.0. The van der Waals surface area contributed by atoms with Crippen LogP contribution in [0.1, 0.15) is 19.3 Å². The zero-order chi connectivity index (χ0) is 18.0. The highest BCUT2D eigenvalue weighted by atomic mass is 35.5. The number of nitrogens with one attached hydrogen (secondary N) is 1. The third kappa shape index (κ3) is 4.17. The van der Waals surface area contributed by atoms with Crippen LogP contribution < -0.4 is 5.32 Å². The predicted octanol–water partition coefficient (Wildman–Crippen LogP) is 2.14. The maximum Gasteiger partial charge on any atom is 0.322 e. The molecule has 1 aliphatic heterocycles. The number of piperidine rings is 1. The third-order valence-electron chi connectivity index (χ3n) is 3.91. The summed E-state index contributed by atoms with van der Waals surface area (Å²) in [6, 6.07) is 6.01. The molecular formula is C15H17ClN4O4S. The molecule has 1 aromatic carbocycles. The van der Waals surface area contributed by atoms with E-state index in [0.29, 0.717) is 23.6 Å². The largest absolute Gasteiger partial charge is 0.403 e. The van der Waals surface area contributed by atoms with Gasteiger partial charge in [0.2, 0.25) is 21.8 Å². The van der Waals surface area contributed by atoms with Crippen molar-refractivity contribution in [1.29, 1.82) is 0 Å². The van der Waals surface area contributed by atoms with Crippen LogP contribution in [0.4, 0.5) is 6.01 Å². The molecule has 0 spiro atoms. The van der Waals surface area contributed by atoms with Gasteiger partial charge < -0.3 is 4.42 Å². The molecule has 0 saturated carbocycles. The van der Waals surface area contributed by atoms with Crippen molar-refractivity contribution >= 4 is 33.5 Å². The summed E-state index contributed by atoms with van der Waals surface area (Å²) in [5.41, 5.74) is 0.621. The lowest BCUT2D eigenvalue weighted by atomic mass is 10.0. The van der Waals surface area contributed by atoms with Crippen LogP contribution in [0.5, 0.6) is 0 Å². The van der Waals surface area contributed by atoms with Gasteiger partial charge in [-0.25, -0.2) is 8.42 Å². The summed E-state index contributed by atoms with van der Waals surface area (Å²) in [6.07, 6.45) is 3.06. The lowest BCUT2D eigenvalue weighted by Crippen LogP contribution is -2.49. The van der Waals surface area contributed by atoms with Gasteiger partial charge in [-0.1, -0.05) is 29.2 Å². The summed E-state index contributed by atoms with van der Waals surface area (Å²) < 4.78 is 30.3. The number of benzene rings is 1. The van der Waals surface area contributed by atoms with E-state index in [-0.39, 0.29) is 11.9 Å². The van der Waals surface area contributed by atoms with Crippen LogP contribution in [0.3, 0.4) is 0 Å². The normalized spacial score (nSPS) is 18.9. The number of anilines is 1. The minimum absolute atomic E-state index is 0.0843. The van der Waals surface area contributed by atoms with Crippen LogP contribution in [-0.2, 0) is 14.8 Å². The van der Waals surface area contributed by atoms with E-state index in [9.17, 15) is 13.2 Å². The number of halogens is 1. The van der Waals surface area contributed by atoms with Crippen molar-refractivity contribution in [1.82, 2.24) is 14.5 Å². The summed E-state index contributed by atoms with van der Waals surface area (Å²) in [5, 5.41) is 10.7. The minimum atomic E-state index is -3.46. The minimum Gasteiger partial charge on any atom is -0.403 e. The molecule has 2 aromatic rings. The second kappa shape index (κ2) is 7.11. The summed E-state index contributed by atoms with van der Waals surface area (Å²) in [5.74, 6) is -0.271. The quantitative estimate of drug-likeness (QED) is 0.865. The maximum atomic E-state index is 12.5. The van der Waals surface area contributed by atoms with E-state index in [0.717, 1.165) is 19.1 Å². The smallest absolute Gasteiger partial charge is 0.322 e. The number of nitrogens with zero attached hydrogens (tertiary/aromatic N) is 3. The lowest BCUT2D eigenvalue weighted by molar-refractivity contribution is -0.120. The molecule has 1 aliphatic rings. The predicted molar refractivity (Wildman–Crippen MR) is 92.6 cm³/mol. The molecule has 1 unspecified atom stereocenters. The Morgan fingerprint density at radius 3 is 2.88 bits per heavy atom. The van der Waals surface area contributed by atoms with Gasteiger partial charge in [-0.2, -0.15) is 4.31 Å². The van der Waals surface area contributed by atoms with Gasteiger partial charge >= 0.3 is 6.01 Å². The van der Waals surface area contributed by atoms with Gasteiger partial charge in [0.05, 0.1) is 6.26 Å². The molecule has 1 N–H and O–H groups in total. The number of amides is 1. The number of hydrogen-bond acceptors (Lipinski definition) is 6. The van der Waals surface area contributed by atoms with Gasteiger partial charge in [-0.3, -0.25) is 10.1 Å². The van der Waals surface area contributed by atoms with Gasteiger partial charge in [0.25, 0.3) is 0 Å². The van der Waals surface area contributed by atoms with Crippen LogP contribution in [-0.4, -0.2) is 47.7 Å². The van der Waals surface area contributed by atoms with E-state index < -0.39 is 22.0 Å². The van der Waals surface area contributed by atoms with Gasteiger partial charge in [0.15, 0.2) is 0 Å². The standard InChI is InChI=1S/C15H17ClN4O4S/c1-25(22,23)20-8-3-2-7-12(20)13(21)17-15-19-18-14(24-15)10-5-4-6-11(16)9-10/h4-6,9,12H,2-3,7-8H2,1H3,(H,17,19,21). The number of hydrogen-bond donors (Lipinski definition) is 1. The molecular weight excluding hydrogens is 368 g/mol. The van der Waals surface area contributed by atoms with Crippen molar-refractivity contribution in [2.45, 2.75) is 25.3 Å². The Bertz CT molecular complexity index is 883. The third-order valence-corrected chi connectivity index (χ3v) is 5.43. The molecule has 1 amide bonds. The topological polar surface area (TPSA) is 105 Å². The SMILES string of the molecule is CS(=O)(=O)N1CCCCC1C(=O)Nc1nnc(-c2cccc(Cl)c2)o1. The lowest BCUT2D eigenvalue weighted by Gasteiger charge is -2.32. The highest BCUT2D eigenvalue weighted by molar-refractivity contribution is 7.88. The molecule has 2 heterocycles. The highest BCUT2D eigenvalue weighted by Crippen LogP contribution is 2.24. The summed E-state index contributed by atoms with van der Waals surface area (Å²) in [6.45, 7) is 0.328. The molecule has 0 radical (unpaired) electrons. The summed E-state index contributed by atoms with van der Waals surface area (Å²) in [7, 11) is -3.46. The highest BCUT2D eigenvalue weighted by Gasteiger charge is 2.35.